The summed E-state index contributed by atoms with van der Waals surface area (Å²) in [5.74, 6) is 0.746. The Bertz CT molecular complexity index is 766. The number of alkyl halides is 1. The maximum absolute atomic E-state index is 12.0. The maximum atomic E-state index is 12.0. The smallest absolute Gasteiger partial charge is 0.154 e. The van der Waals surface area contributed by atoms with E-state index in [2.05, 4.69) is 0 Å². The number of hydrogen-bond donors (Lipinski definition) is 0. The molecule has 0 spiro atoms. The lowest BCUT2D eigenvalue weighted by atomic mass is 9.95. The van der Waals surface area contributed by atoms with Gasteiger partial charge >= 0.3 is 0 Å². The molecule has 21 heavy (non-hydrogen) atoms. The number of ether oxygens (including phenoxy) is 1. The first-order chi connectivity index (χ1) is 9.70. The van der Waals surface area contributed by atoms with Crippen LogP contribution in [0.1, 0.15) is 24.8 Å². The van der Waals surface area contributed by atoms with Crippen LogP contribution in [0.4, 0.5) is 0 Å². The van der Waals surface area contributed by atoms with Gasteiger partial charge in [0.25, 0.3) is 0 Å². The Labute approximate surface area is 130 Å². The Balaban J connectivity index is 2.69. The number of halogens is 1. The molecule has 0 fully saturated rings. The molecule has 2 aromatic rings. The number of hydrogen-bond acceptors (Lipinski definition) is 3. The van der Waals surface area contributed by atoms with Crippen LogP contribution < -0.4 is 4.74 Å². The standard InChI is InChI=1S/C16H19ClO3S/c1-16(2,21(4,18)19)15(17)13-9-10-14(20-3)12-8-6-5-7-11(12)13/h5-10,15H,1-4H3. The van der Waals surface area contributed by atoms with E-state index in [1.165, 1.54) is 6.26 Å². The minimum absolute atomic E-state index is 0.650. The van der Waals surface area contributed by atoms with E-state index in [4.69, 9.17) is 16.3 Å². The van der Waals surface area contributed by atoms with E-state index in [0.29, 0.717) is 0 Å². The minimum atomic E-state index is -3.30. The van der Waals surface area contributed by atoms with Gasteiger partial charge in [0, 0.05) is 11.6 Å². The molecule has 114 valence electrons. The molecular weight excluding hydrogens is 308 g/mol. The fourth-order valence-corrected chi connectivity index (χ4v) is 3.43. The number of methoxy groups -OCH3 is 1. The topological polar surface area (TPSA) is 43.4 Å². The van der Waals surface area contributed by atoms with Gasteiger partial charge in [0.05, 0.1) is 17.2 Å². The van der Waals surface area contributed by atoms with Crippen molar-refractivity contribution in [3.63, 3.8) is 0 Å². The normalized spacial score (nSPS) is 14.1. The van der Waals surface area contributed by atoms with Crippen LogP contribution in [0.15, 0.2) is 36.4 Å². The Morgan fingerprint density at radius 1 is 1.10 bits per heavy atom. The predicted octanol–water partition coefficient (Wildman–Crippen LogP) is 3.95. The highest BCUT2D eigenvalue weighted by atomic mass is 35.5. The van der Waals surface area contributed by atoms with Crippen LogP contribution in [-0.4, -0.2) is 26.5 Å². The van der Waals surface area contributed by atoms with E-state index >= 15 is 0 Å². The summed E-state index contributed by atoms with van der Waals surface area (Å²) >= 11 is 6.54. The predicted molar refractivity (Wildman–Crippen MR) is 88.0 cm³/mol. The lowest BCUT2D eigenvalue weighted by molar-refractivity contribution is 0.419. The average Bonchev–Trinajstić information content (AvgIpc) is 2.44. The molecule has 2 aromatic carbocycles. The molecule has 0 saturated carbocycles. The first kappa shape index (κ1) is 16.1. The molecule has 0 bridgehead atoms. The van der Waals surface area contributed by atoms with Crippen molar-refractivity contribution in [2.24, 2.45) is 0 Å². The molecule has 1 atom stereocenters. The quantitative estimate of drug-likeness (QED) is 0.799. The minimum Gasteiger partial charge on any atom is -0.496 e. The van der Waals surface area contributed by atoms with Gasteiger partial charge in [0.2, 0.25) is 0 Å². The van der Waals surface area contributed by atoms with Crippen molar-refractivity contribution in [2.45, 2.75) is 24.0 Å². The van der Waals surface area contributed by atoms with Crippen molar-refractivity contribution in [3.8, 4) is 5.75 Å². The zero-order chi connectivity index (χ0) is 15.8. The van der Waals surface area contributed by atoms with Gasteiger partial charge in [-0.05, 0) is 30.9 Å². The fraction of sp³-hybridized carbons (Fsp3) is 0.375. The van der Waals surface area contributed by atoms with Gasteiger partial charge < -0.3 is 4.74 Å². The van der Waals surface area contributed by atoms with Crippen molar-refractivity contribution in [1.29, 1.82) is 0 Å². The molecule has 0 aliphatic heterocycles. The van der Waals surface area contributed by atoms with E-state index in [1.807, 2.05) is 36.4 Å². The molecule has 0 amide bonds. The zero-order valence-electron chi connectivity index (χ0n) is 12.6. The Kier molecular flexibility index (Phi) is 4.22. The van der Waals surface area contributed by atoms with Gasteiger partial charge in [-0.3, -0.25) is 0 Å². The summed E-state index contributed by atoms with van der Waals surface area (Å²) in [6.07, 6.45) is 1.22. The lowest BCUT2D eigenvalue weighted by Crippen LogP contribution is -2.35. The number of rotatable bonds is 4. The van der Waals surface area contributed by atoms with Gasteiger partial charge in [-0.2, -0.15) is 0 Å². The summed E-state index contributed by atoms with van der Waals surface area (Å²) in [5, 5.41) is 1.18. The molecule has 0 aliphatic rings. The summed E-state index contributed by atoms with van der Waals surface area (Å²) in [6, 6.07) is 11.4. The highest BCUT2D eigenvalue weighted by Crippen LogP contribution is 2.42. The van der Waals surface area contributed by atoms with Crippen molar-refractivity contribution in [1.82, 2.24) is 0 Å². The van der Waals surface area contributed by atoms with Gasteiger partial charge in [-0.15, -0.1) is 11.6 Å². The van der Waals surface area contributed by atoms with Gasteiger partial charge in [0.15, 0.2) is 9.84 Å². The van der Waals surface area contributed by atoms with Crippen molar-refractivity contribution >= 4 is 32.2 Å². The third kappa shape index (κ3) is 2.74. The molecule has 2 rings (SSSR count). The molecule has 1 unspecified atom stereocenters. The zero-order valence-corrected chi connectivity index (χ0v) is 14.1. The van der Waals surface area contributed by atoms with Crippen LogP contribution in [0.5, 0.6) is 5.75 Å². The SMILES string of the molecule is COc1ccc(C(Cl)C(C)(C)S(C)(=O)=O)c2ccccc12. The summed E-state index contributed by atoms with van der Waals surface area (Å²) in [4.78, 5) is 0. The lowest BCUT2D eigenvalue weighted by Gasteiger charge is -2.29. The van der Waals surface area contributed by atoms with Crippen molar-refractivity contribution in [2.75, 3.05) is 13.4 Å². The average molecular weight is 327 g/mol. The van der Waals surface area contributed by atoms with E-state index in [1.54, 1.807) is 21.0 Å². The summed E-state index contributed by atoms with van der Waals surface area (Å²) < 4.78 is 28.3. The molecule has 0 aromatic heterocycles. The fourth-order valence-electron chi connectivity index (χ4n) is 2.26. The highest BCUT2D eigenvalue weighted by Gasteiger charge is 2.39. The largest absolute Gasteiger partial charge is 0.496 e. The van der Waals surface area contributed by atoms with E-state index < -0.39 is 20.0 Å². The monoisotopic (exact) mass is 326 g/mol. The molecule has 0 heterocycles. The van der Waals surface area contributed by atoms with Crippen molar-refractivity contribution < 1.29 is 13.2 Å². The molecule has 0 aliphatic carbocycles. The van der Waals surface area contributed by atoms with Crippen LogP contribution in [-0.2, 0) is 9.84 Å². The first-order valence-electron chi connectivity index (χ1n) is 6.59. The van der Waals surface area contributed by atoms with Gasteiger partial charge in [0.1, 0.15) is 5.75 Å². The summed E-state index contributed by atoms with van der Waals surface area (Å²) in [5.41, 5.74) is 0.795. The second kappa shape index (κ2) is 5.50. The number of fused-ring (bicyclic) bond motifs is 1. The van der Waals surface area contributed by atoms with Crippen molar-refractivity contribution in [3.05, 3.63) is 42.0 Å². The molecule has 5 heteroatoms. The maximum Gasteiger partial charge on any atom is 0.154 e. The van der Waals surface area contributed by atoms with Gasteiger partial charge in [-0.25, -0.2) is 8.42 Å². The number of benzene rings is 2. The van der Waals surface area contributed by atoms with Crippen LogP contribution in [0.3, 0.4) is 0 Å². The summed E-state index contributed by atoms with van der Waals surface area (Å²) in [7, 11) is -1.69. The van der Waals surface area contributed by atoms with Crippen LogP contribution in [0, 0.1) is 0 Å². The third-order valence-electron chi connectivity index (χ3n) is 3.98. The molecular formula is C16H19ClO3S. The van der Waals surface area contributed by atoms with E-state index in [0.717, 1.165) is 22.1 Å². The highest BCUT2D eigenvalue weighted by molar-refractivity contribution is 7.92. The molecule has 3 nitrogen and oxygen atoms in total. The third-order valence-corrected chi connectivity index (χ3v) is 7.03. The first-order valence-corrected chi connectivity index (χ1v) is 8.92. The second-order valence-corrected chi connectivity index (χ2v) is 8.67. The summed E-state index contributed by atoms with van der Waals surface area (Å²) in [6.45, 7) is 3.30. The van der Waals surface area contributed by atoms with E-state index in [9.17, 15) is 8.42 Å². The van der Waals surface area contributed by atoms with Crippen LogP contribution in [0.25, 0.3) is 10.8 Å². The van der Waals surface area contributed by atoms with Gasteiger partial charge in [-0.1, -0.05) is 30.3 Å². The Morgan fingerprint density at radius 3 is 2.19 bits per heavy atom. The van der Waals surface area contributed by atoms with E-state index in [-0.39, 0.29) is 0 Å². The Morgan fingerprint density at radius 2 is 1.67 bits per heavy atom. The van der Waals surface area contributed by atoms with Crippen LogP contribution in [0.2, 0.25) is 0 Å². The molecule has 0 radical (unpaired) electrons. The van der Waals surface area contributed by atoms with Crippen LogP contribution >= 0.6 is 11.6 Å². The molecule has 0 saturated heterocycles. The number of sulfone groups is 1. The second-order valence-electron chi connectivity index (χ2n) is 5.64. The molecule has 0 N–H and O–H groups in total. The Hall–Kier alpha value is -1.26.